The van der Waals surface area contributed by atoms with Crippen LogP contribution in [-0.4, -0.2) is 20.4 Å². The van der Waals surface area contributed by atoms with Gasteiger partial charge in [0.2, 0.25) is 0 Å². The second-order valence-corrected chi connectivity index (χ2v) is 6.12. The van der Waals surface area contributed by atoms with E-state index in [9.17, 15) is 12.8 Å². The highest BCUT2D eigenvalue weighted by molar-refractivity contribution is 7.92. The summed E-state index contributed by atoms with van der Waals surface area (Å²) in [6, 6.07) is 7.90. The third-order valence-corrected chi connectivity index (χ3v) is 4.52. The summed E-state index contributed by atoms with van der Waals surface area (Å²) in [6.45, 7) is 0. The molecule has 0 atom stereocenters. The van der Waals surface area contributed by atoms with Gasteiger partial charge in [0.1, 0.15) is 11.0 Å². The van der Waals surface area contributed by atoms with Crippen molar-refractivity contribution >= 4 is 27.3 Å². The Morgan fingerprint density at radius 2 is 2.00 bits per heavy atom. The molecule has 0 aliphatic carbocycles. The molecule has 0 unspecified atom stereocenters. The molecule has 4 nitrogen and oxygen atoms in total. The number of rotatable bonds is 3. The summed E-state index contributed by atoms with van der Waals surface area (Å²) in [4.78, 5) is 3.72. The fourth-order valence-electron chi connectivity index (χ4n) is 1.51. The molecule has 0 aliphatic rings. The Balaban J connectivity index is 2.45. The highest BCUT2D eigenvalue weighted by atomic mass is 35.5. The third kappa shape index (κ3) is 2.85. The summed E-state index contributed by atoms with van der Waals surface area (Å²) in [7, 11) is -2.44. The molecule has 0 spiro atoms. The molecule has 1 aromatic heterocycles. The first-order valence-corrected chi connectivity index (χ1v) is 7.09. The van der Waals surface area contributed by atoms with Gasteiger partial charge in [0, 0.05) is 13.2 Å². The van der Waals surface area contributed by atoms with Gasteiger partial charge in [-0.15, -0.1) is 0 Å². The van der Waals surface area contributed by atoms with Gasteiger partial charge in [-0.05, 0) is 30.3 Å². The molecule has 0 fully saturated rings. The molecule has 0 aliphatic heterocycles. The normalized spacial score (nSPS) is 11.3. The molecule has 0 amide bonds. The van der Waals surface area contributed by atoms with Gasteiger partial charge in [0.25, 0.3) is 10.0 Å². The van der Waals surface area contributed by atoms with Crippen LogP contribution in [0, 0.1) is 5.82 Å². The van der Waals surface area contributed by atoms with E-state index in [0.29, 0.717) is 0 Å². The van der Waals surface area contributed by atoms with Crippen LogP contribution in [0.4, 0.5) is 10.1 Å². The zero-order valence-electron chi connectivity index (χ0n) is 9.92. The summed E-state index contributed by atoms with van der Waals surface area (Å²) >= 11 is 5.67. The van der Waals surface area contributed by atoms with E-state index in [2.05, 4.69) is 4.98 Å². The average Bonchev–Trinajstić information content (AvgIpc) is 2.38. The Labute approximate surface area is 115 Å². The van der Waals surface area contributed by atoms with Crippen molar-refractivity contribution in [1.29, 1.82) is 0 Å². The van der Waals surface area contributed by atoms with Crippen molar-refractivity contribution in [3.63, 3.8) is 0 Å². The zero-order chi connectivity index (χ0) is 14.0. The van der Waals surface area contributed by atoms with Gasteiger partial charge >= 0.3 is 0 Å². The lowest BCUT2D eigenvalue weighted by Gasteiger charge is -2.19. The molecular weight excluding hydrogens is 291 g/mol. The van der Waals surface area contributed by atoms with Crippen LogP contribution in [0.1, 0.15) is 0 Å². The van der Waals surface area contributed by atoms with Crippen molar-refractivity contribution < 1.29 is 12.8 Å². The molecular formula is C12H10ClFN2O2S. The molecule has 0 radical (unpaired) electrons. The topological polar surface area (TPSA) is 50.3 Å². The van der Waals surface area contributed by atoms with Gasteiger partial charge in [-0.3, -0.25) is 4.31 Å². The Kier molecular flexibility index (Phi) is 3.73. The van der Waals surface area contributed by atoms with Crippen LogP contribution in [-0.2, 0) is 10.0 Å². The van der Waals surface area contributed by atoms with Crippen molar-refractivity contribution in [3.8, 4) is 0 Å². The van der Waals surface area contributed by atoms with Gasteiger partial charge in [-0.1, -0.05) is 17.7 Å². The van der Waals surface area contributed by atoms with Crippen molar-refractivity contribution in [1.82, 2.24) is 4.98 Å². The van der Waals surface area contributed by atoms with Crippen LogP contribution in [0.25, 0.3) is 0 Å². The maximum Gasteiger partial charge on any atom is 0.264 e. The van der Waals surface area contributed by atoms with Crippen molar-refractivity contribution in [3.05, 3.63) is 53.6 Å². The van der Waals surface area contributed by atoms with Crippen molar-refractivity contribution in [2.24, 2.45) is 0 Å². The highest BCUT2D eigenvalue weighted by Crippen LogP contribution is 2.23. The lowest BCUT2D eigenvalue weighted by atomic mass is 10.3. The molecule has 0 N–H and O–H groups in total. The van der Waals surface area contributed by atoms with Crippen LogP contribution < -0.4 is 4.31 Å². The average molecular weight is 301 g/mol. The summed E-state index contributed by atoms with van der Waals surface area (Å²) in [6.07, 6.45) is 1.30. The molecule has 7 heteroatoms. The Bertz CT molecular complexity index is 706. The Morgan fingerprint density at radius 1 is 1.26 bits per heavy atom. The van der Waals surface area contributed by atoms with Gasteiger partial charge < -0.3 is 0 Å². The predicted molar refractivity (Wildman–Crippen MR) is 71.2 cm³/mol. The number of benzene rings is 1. The van der Waals surface area contributed by atoms with Gasteiger partial charge in [0.05, 0.1) is 10.6 Å². The fraction of sp³-hybridized carbons (Fsp3) is 0.0833. The first-order chi connectivity index (χ1) is 8.91. The van der Waals surface area contributed by atoms with E-state index >= 15 is 0 Å². The molecule has 0 saturated carbocycles. The molecule has 0 bridgehead atoms. The minimum Gasteiger partial charge on any atom is -0.269 e. The van der Waals surface area contributed by atoms with Crippen molar-refractivity contribution in [2.75, 3.05) is 11.4 Å². The standard InChI is InChI=1S/C12H10ClFN2O2S/c1-16(10-4-2-3-9(14)7-10)19(17,18)11-5-6-15-12(13)8-11/h2-8H,1H3. The smallest absolute Gasteiger partial charge is 0.264 e. The quantitative estimate of drug-likeness (QED) is 0.819. The van der Waals surface area contributed by atoms with Crippen molar-refractivity contribution in [2.45, 2.75) is 4.90 Å². The second-order valence-electron chi connectivity index (χ2n) is 3.77. The van der Waals surface area contributed by atoms with Crippen LogP contribution in [0.2, 0.25) is 5.15 Å². The molecule has 19 heavy (non-hydrogen) atoms. The monoisotopic (exact) mass is 300 g/mol. The minimum absolute atomic E-state index is 0.000684. The summed E-state index contributed by atoms with van der Waals surface area (Å²) in [5.74, 6) is -0.507. The van der Waals surface area contributed by atoms with Gasteiger partial charge in [0.15, 0.2) is 0 Å². The maximum atomic E-state index is 13.1. The number of aromatic nitrogens is 1. The van der Waals surface area contributed by atoms with E-state index in [1.165, 1.54) is 43.6 Å². The van der Waals surface area contributed by atoms with E-state index in [1.807, 2.05) is 0 Å². The van der Waals surface area contributed by atoms with E-state index in [0.717, 1.165) is 10.4 Å². The van der Waals surface area contributed by atoms with Crippen LogP contribution >= 0.6 is 11.6 Å². The largest absolute Gasteiger partial charge is 0.269 e. The molecule has 1 heterocycles. The van der Waals surface area contributed by atoms with E-state index in [1.54, 1.807) is 0 Å². The molecule has 1 aromatic carbocycles. The lowest BCUT2D eigenvalue weighted by molar-refractivity contribution is 0.594. The van der Waals surface area contributed by atoms with Gasteiger partial charge in [-0.25, -0.2) is 17.8 Å². The Morgan fingerprint density at radius 3 is 2.63 bits per heavy atom. The number of hydrogen-bond donors (Lipinski definition) is 0. The third-order valence-electron chi connectivity index (χ3n) is 2.53. The summed E-state index contributed by atoms with van der Waals surface area (Å²) in [5, 5.41) is 0.0775. The second kappa shape index (κ2) is 5.14. The fourth-order valence-corrected chi connectivity index (χ4v) is 2.95. The summed E-state index contributed by atoms with van der Waals surface area (Å²) in [5.41, 5.74) is 0.230. The zero-order valence-corrected chi connectivity index (χ0v) is 11.5. The Hall–Kier alpha value is -1.66. The number of anilines is 1. The SMILES string of the molecule is CN(c1cccc(F)c1)S(=O)(=O)c1ccnc(Cl)c1. The van der Waals surface area contributed by atoms with E-state index in [4.69, 9.17) is 11.6 Å². The van der Waals surface area contributed by atoms with Crippen LogP contribution in [0.3, 0.4) is 0 Å². The van der Waals surface area contributed by atoms with E-state index in [-0.39, 0.29) is 15.7 Å². The maximum absolute atomic E-state index is 13.1. The molecule has 2 rings (SSSR count). The molecule has 100 valence electrons. The lowest BCUT2D eigenvalue weighted by Crippen LogP contribution is -2.26. The molecule has 0 saturated heterocycles. The van der Waals surface area contributed by atoms with Crippen LogP contribution in [0.15, 0.2) is 47.5 Å². The number of halogens is 2. The number of sulfonamides is 1. The minimum atomic E-state index is -3.79. The predicted octanol–water partition coefficient (Wildman–Crippen LogP) is 2.70. The van der Waals surface area contributed by atoms with E-state index < -0.39 is 15.8 Å². The first kappa shape index (κ1) is 13.8. The summed E-state index contributed by atoms with van der Waals surface area (Å²) < 4.78 is 38.7. The highest BCUT2D eigenvalue weighted by Gasteiger charge is 2.21. The van der Waals surface area contributed by atoms with Crippen LogP contribution in [0.5, 0.6) is 0 Å². The molecule has 2 aromatic rings. The number of nitrogens with zero attached hydrogens (tertiary/aromatic N) is 2. The first-order valence-electron chi connectivity index (χ1n) is 5.27. The number of pyridine rings is 1. The number of hydrogen-bond acceptors (Lipinski definition) is 3. The van der Waals surface area contributed by atoms with Gasteiger partial charge in [-0.2, -0.15) is 0 Å².